The molecule has 1 amide bonds. The second-order valence-electron chi connectivity index (χ2n) is 4.52. The maximum atomic E-state index is 13.1. The predicted octanol–water partition coefficient (Wildman–Crippen LogP) is 1.99. The number of amides is 1. The van der Waals surface area contributed by atoms with Crippen LogP contribution in [-0.2, 0) is 0 Å². The molecule has 0 aromatic heterocycles. The lowest BCUT2D eigenvalue weighted by Gasteiger charge is -2.34. The maximum Gasteiger partial charge on any atom is 0.254 e. The molecule has 5 heteroatoms. The van der Waals surface area contributed by atoms with Crippen molar-refractivity contribution in [3.8, 4) is 0 Å². The number of hydrogen-bond acceptors (Lipinski definition) is 2. The van der Waals surface area contributed by atoms with E-state index in [-0.39, 0.29) is 30.2 Å². The van der Waals surface area contributed by atoms with E-state index in [0.717, 1.165) is 13.1 Å². The fourth-order valence-electron chi connectivity index (χ4n) is 2.09. The first-order valence-electron chi connectivity index (χ1n) is 5.87. The van der Waals surface area contributed by atoms with Crippen molar-refractivity contribution in [2.24, 2.45) is 0 Å². The molecule has 1 unspecified atom stereocenters. The minimum absolute atomic E-state index is 0. The normalized spacial score (nSPS) is 19.3. The molecule has 1 N–H and O–H groups in total. The Morgan fingerprint density at radius 1 is 1.50 bits per heavy atom. The average molecular weight is 273 g/mol. The van der Waals surface area contributed by atoms with Crippen LogP contribution in [0, 0.1) is 12.7 Å². The van der Waals surface area contributed by atoms with Gasteiger partial charge < -0.3 is 10.2 Å². The maximum absolute atomic E-state index is 13.1. The van der Waals surface area contributed by atoms with Crippen molar-refractivity contribution < 1.29 is 9.18 Å². The molecule has 1 aromatic carbocycles. The van der Waals surface area contributed by atoms with Crippen LogP contribution in [0.25, 0.3) is 0 Å². The average Bonchev–Trinajstić information content (AvgIpc) is 2.32. The van der Waals surface area contributed by atoms with Crippen molar-refractivity contribution in [1.29, 1.82) is 0 Å². The molecule has 0 aliphatic carbocycles. The summed E-state index contributed by atoms with van der Waals surface area (Å²) >= 11 is 0. The monoisotopic (exact) mass is 272 g/mol. The summed E-state index contributed by atoms with van der Waals surface area (Å²) in [6.07, 6.45) is 0. The molecule has 3 nitrogen and oxygen atoms in total. The fraction of sp³-hybridized carbons (Fsp3) is 0.462. The smallest absolute Gasteiger partial charge is 0.254 e. The van der Waals surface area contributed by atoms with E-state index in [4.69, 9.17) is 0 Å². The van der Waals surface area contributed by atoms with Crippen LogP contribution in [0.2, 0.25) is 0 Å². The SMILES string of the molecule is Cc1cc(C(=O)N2CCNCC2C)ccc1F.Cl. The van der Waals surface area contributed by atoms with Crippen LogP contribution < -0.4 is 5.32 Å². The third kappa shape index (κ3) is 3.00. The highest BCUT2D eigenvalue weighted by Gasteiger charge is 2.24. The zero-order valence-electron chi connectivity index (χ0n) is 10.6. The third-order valence-corrected chi connectivity index (χ3v) is 3.17. The summed E-state index contributed by atoms with van der Waals surface area (Å²) in [5, 5.41) is 3.24. The molecule has 1 aliphatic rings. The summed E-state index contributed by atoms with van der Waals surface area (Å²) in [6, 6.07) is 4.71. The van der Waals surface area contributed by atoms with Crippen LogP contribution in [0.5, 0.6) is 0 Å². The summed E-state index contributed by atoms with van der Waals surface area (Å²) in [5.74, 6) is -0.281. The lowest BCUT2D eigenvalue weighted by atomic mass is 10.1. The Labute approximate surface area is 113 Å². The predicted molar refractivity (Wildman–Crippen MR) is 71.8 cm³/mol. The van der Waals surface area contributed by atoms with Gasteiger partial charge in [-0.25, -0.2) is 4.39 Å². The van der Waals surface area contributed by atoms with E-state index in [0.29, 0.717) is 17.7 Å². The molecule has 0 saturated carbocycles. The minimum atomic E-state index is -0.269. The first-order valence-corrected chi connectivity index (χ1v) is 5.87. The second-order valence-corrected chi connectivity index (χ2v) is 4.52. The molecule has 1 heterocycles. The number of aryl methyl sites for hydroxylation is 1. The highest BCUT2D eigenvalue weighted by Crippen LogP contribution is 2.14. The van der Waals surface area contributed by atoms with Crippen LogP contribution in [0.4, 0.5) is 4.39 Å². The molecule has 0 spiro atoms. The lowest BCUT2D eigenvalue weighted by molar-refractivity contribution is 0.0655. The van der Waals surface area contributed by atoms with Crippen LogP contribution in [0.1, 0.15) is 22.8 Å². The molecule has 100 valence electrons. The molecule has 0 bridgehead atoms. The van der Waals surface area contributed by atoms with E-state index >= 15 is 0 Å². The van der Waals surface area contributed by atoms with Crippen molar-refractivity contribution in [3.05, 3.63) is 35.1 Å². The number of piperazine rings is 1. The van der Waals surface area contributed by atoms with E-state index in [2.05, 4.69) is 5.32 Å². The molecule has 0 radical (unpaired) electrons. The molecular formula is C13H18ClFN2O. The number of rotatable bonds is 1. The van der Waals surface area contributed by atoms with Gasteiger partial charge in [0.15, 0.2) is 0 Å². The number of hydrogen-bond donors (Lipinski definition) is 1. The minimum Gasteiger partial charge on any atom is -0.333 e. The fourth-order valence-corrected chi connectivity index (χ4v) is 2.09. The van der Waals surface area contributed by atoms with Gasteiger partial charge in [-0.15, -0.1) is 12.4 Å². The number of benzene rings is 1. The number of carbonyl (C=O) groups is 1. The van der Waals surface area contributed by atoms with Crippen LogP contribution >= 0.6 is 12.4 Å². The van der Waals surface area contributed by atoms with Gasteiger partial charge in [0.25, 0.3) is 5.91 Å². The van der Waals surface area contributed by atoms with Gasteiger partial charge in [-0.1, -0.05) is 0 Å². The Kier molecular flexibility index (Phi) is 5.11. The zero-order chi connectivity index (χ0) is 12.4. The summed E-state index contributed by atoms with van der Waals surface area (Å²) in [4.78, 5) is 14.1. The molecule has 1 atom stereocenters. The van der Waals surface area contributed by atoms with Gasteiger partial charge in [0, 0.05) is 31.2 Å². The number of carbonyl (C=O) groups excluding carboxylic acids is 1. The molecule has 1 saturated heterocycles. The number of nitrogens with zero attached hydrogens (tertiary/aromatic N) is 1. The van der Waals surface area contributed by atoms with Gasteiger partial charge in [0.05, 0.1) is 0 Å². The summed E-state index contributed by atoms with van der Waals surface area (Å²) < 4.78 is 13.1. The first kappa shape index (κ1) is 14.9. The Balaban J connectivity index is 0.00000162. The third-order valence-electron chi connectivity index (χ3n) is 3.17. The summed E-state index contributed by atoms with van der Waals surface area (Å²) in [6.45, 7) is 6.02. The van der Waals surface area contributed by atoms with Gasteiger partial charge in [-0.3, -0.25) is 4.79 Å². The quantitative estimate of drug-likeness (QED) is 0.848. The zero-order valence-corrected chi connectivity index (χ0v) is 11.4. The van der Waals surface area contributed by atoms with E-state index in [1.807, 2.05) is 11.8 Å². The van der Waals surface area contributed by atoms with Crippen LogP contribution in [-0.4, -0.2) is 36.5 Å². The first-order chi connectivity index (χ1) is 8.09. The number of nitrogens with one attached hydrogen (secondary N) is 1. The molecular weight excluding hydrogens is 255 g/mol. The van der Waals surface area contributed by atoms with Gasteiger partial charge in [-0.05, 0) is 37.6 Å². The van der Waals surface area contributed by atoms with Crippen molar-refractivity contribution in [1.82, 2.24) is 10.2 Å². The molecule has 2 rings (SSSR count). The van der Waals surface area contributed by atoms with E-state index < -0.39 is 0 Å². The molecule has 1 aliphatic heterocycles. The molecule has 18 heavy (non-hydrogen) atoms. The van der Waals surface area contributed by atoms with Crippen molar-refractivity contribution in [3.63, 3.8) is 0 Å². The largest absolute Gasteiger partial charge is 0.333 e. The van der Waals surface area contributed by atoms with E-state index in [1.165, 1.54) is 6.07 Å². The van der Waals surface area contributed by atoms with Gasteiger partial charge >= 0.3 is 0 Å². The standard InChI is InChI=1S/C13H17FN2O.ClH/c1-9-7-11(3-4-12(9)14)13(17)16-6-5-15-8-10(16)2;/h3-4,7,10,15H,5-6,8H2,1-2H3;1H. The van der Waals surface area contributed by atoms with Crippen LogP contribution in [0.3, 0.4) is 0 Å². The van der Waals surface area contributed by atoms with Crippen LogP contribution in [0.15, 0.2) is 18.2 Å². The van der Waals surface area contributed by atoms with E-state index in [1.54, 1.807) is 19.1 Å². The summed E-state index contributed by atoms with van der Waals surface area (Å²) in [7, 11) is 0. The summed E-state index contributed by atoms with van der Waals surface area (Å²) in [5.41, 5.74) is 1.08. The Morgan fingerprint density at radius 3 is 2.83 bits per heavy atom. The van der Waals surface area contributed by atoms with Gasteiger partial charge in [0.1, 0.15) is 5.82 Å². The molecule has 1 fully saturated rings. The second kappa shape index (κ2) is 6.16. The van der Waals surface area contributed by atoms with Gasteiger partial charge in [-0.2, -0.15) is 0 Å². The Morgan fingerprint density at radius 2 is 2.22 bits per heavy atom. The van der Waals surface area contributed by atoms with Gasteiger partial charge in [0.2, 0.25) is 0 Å². The van der Waals surface area contributed by atoms with Crippen molar-refractivity contribution >= 4 is 18.3 Å². The Hall–Kier alpha value is -1.13. The van der Waals surface area contributed by atoms with Crippen molar-refractivity contribution in [2.75, 3.05) is 19.6 Å². The van der Waals surface area contributed by atoms with E-state index in [9.17, 15) is 9.18 Å². The topological polar surface area (TPSA) is 32.3 Å². The lowest BCUT2D eigenvalue weighted by Crippen LogP contribution is -2.52. The number of halogens is 2. The molecule has 1 aromatic rings. The Bertz CT molecular complexity index is 439. The highest BCUT2D eigenvalue weighted by atomic mass is 35.5. The highest BCUT2D eigenvalue weighted by molar-refractivity contribution is 5.94. The van der Waals surface area contributed by atoms with Crippen molar-refractivity contribution in [2.45, 2.75) is 19.9 Å².